The SMILES string of the molecule is CC(CN)N(C)Cc1ccccc1Br.Cl. The molecule has 0 amide bonds. The van der Waals surface area contributed by atoms with Crippen LogP contribution < -0.4 is 5.73 Å². The van der Waals surface area contributed by atoms with Gasteiger partial charge in [0.25, 0.3) is 0 Å². The predicted molar refractivity (Wildman–Crippen MR) is 71.4 cm³/mol. The van der Waals surface area contributed by atoms with E-state index in [0.29, 0.717) is 12.6 Å². The van der Waals surface area contributed by atoms with Gasteiger partial charge in [-0.3, -0.25) is 4.90 Å². The highest BCUT2D eigenvalue weighted by molar-refractivity contribution is 9.10. The second-order valence-corrected chi connectivity index (χ2v) is 4.45. The summed E-state index contributed by atoms with van der Waals surface area (Å²) in [5.74, 6) is 0. The monoisotopic (exact) mass is 292 g/mol. The number of benzene rings is 1. The second kappa shape index (κ2) is 7.23. The van der Waals surface area contributed by atoms with Crippen LogP contribution in [0.15, 0.2) is 28.7 Å². The molecule has 0 saturated carbocycles. The van der Waals surface area contributed by atoms with Gasteiger partial charge in [0.05, 0.1) is 0 Å². The Morgan fingerprint density at radius 3 is 2.53 bits per heavy atom. The maximum atomic E-state index is 5.61. The van der Waals surface area contributed by atoms with Crippen LogP contribution in [0, 0.1) is 0 Å². The maximum absolute atomic E-state index is 5.61. The zero-order valence-electron chi connectivity index (χ0n) is 9.11. The largest absolute Gasteiger partial charge is 0.329 e. The first kappa shape index (κ1) is 14.9. The van der Waals surface area contributed by atoms with Crippen molar-refractivity contribution in [1.82, 2.24) is 4.90 Å². The quantitative estimate of drug-likeness (QED) is 0.925. The van der Waals surface area contributed by atoms with Crippen molar-refractivity contribution in [2.75, 3.05) is 13.6 Å². The van der Waals surface area contributed by atoms with Crippen LogP contribution >= 0.6 is 28.3 Å². The molecule has 0 saturated heterocycles. The van der Waals surface area contributed by atoms with Crippen molar-refractivity contribution in [2.45, 2.75) is 19.5 Å². The summed E-state index contributed by atoms with van der Waals surface area (Å²) in [6.45, 7) is 3.76. The number of halogens is 2. The molecule has 0 aromatic heterocycles. The van der Waals surface area contributed by atoms with Gasteiger partial charge < -0.3 is 5.73 Å². The Hall–Kier alpha value is -0.0900. The fraction of sp³-hybridized carbons (Fsp3) is 0.455. The Bertz CT molecular complexity index is 294. The van der Waals surface area contributed by atoms with E-state index in [1.54, 1.807) is 0 Å². The first-order chi connectivity index (χ1) is 6.65. The third-order valence-corrected chi connectivity index (χ3v) is 3.24. The third-order valence-electron chi connectivity index (χ3n) is 2.47. The molecule has 0 bridgehead atoms. The van der Waals surface area contributed by atoms with E-state index in [0.717, 1.165) is 11.0 Å². The normalized spacial score (nSPS) is 12.3. The molecule has 15 heavy (non-hydrogen) atoms. The van der Waals surface area contributed by atoms with Crippen molar-refractivity contribution in [3.8, 4) is 0 Å². The Labute approximate surface area is 106 Å². The molecule has 4 heteroatoms. The molecule has 0 fully saturated rings. The van der Waals surface area contributed by atoms with Crippen LogP contribution in [-0.4, -0.2) is 24.5 Å². The lowest BCUT2D eigenvalue weighted by molar-refractivity contribution is 0.254. The average molecular weight is 294 g/mol. The minimum absolute atomic E-state index is 0. The van der Waals surface area contributed by atoms with Gasteiger partial charge in [-0.05, 0) is 25.6 Å². The number of rotatable bonds is 4. The van der Waals surface area contributed by atoms with E-state index < -0.39 is 0 Å². The number of nitrogens with zero attached hydrogens (tertiary/aromatic N) is 1. The van der Waals surface area contributed by atoms with Crippen LogP contribution in [-0.2, 0) is 6.54 Å². The summed E-state index contributed by atoms with van der Waals surface area (Å²) < 4.78 is 1.16. The van der Waals surface area contributed by atoms with Gasteiger partial charge in [0.15, 0.2) is 0 Å². The first-order valence-electron chi connectivity index (χ1n) is 4.79. The van der Waals surface area contributed by atoms with Gasteiger partial charge >= 0.3 is 0 Å². The number of nitrogens with two attached hydrogens (primary N) is 1. The first-order valence-corrected chi connectivity index (χ1v) is 5.58. The van der Waals surface area contributed by atoms with Crippen molar-refractivity contribution < 1.29 is 0 Å². The zero-order chi connectivity index (χ0) is 10.6. The summed E-state index contributed by atoms with van der Waals surface area (Å²) >= 11 is 3.54. The number of hydrogen-bond donors (Lipinski definition) is 1. The van der Waals surface area contributed by atoms with Gasteiger partial charge in [0, 0.05) is 23.6 Å². The van der Waals surface area contributed by atoms with E-state index in [1.165, 1.54) is 5.56 Å². The Kier molecular flexibility index (Phi) is 7.18. The fourth-order valence-electron chi connectivity index (χ4n) is 1.23. The summed E-state index contributed by atoms with van der Waals surface area (Å²) in [5.41, 5.74) is 6.91. The van der Waals surface area contributed by atoms with Gasteiger partial charge in [0.1, 0.15) is 0 Å². The lowest BCUT2D eigenvalue weighted by Crippen LogP contribution is -2.34. The van der Waals surface area contributed by atoms with Gasteiger partial charge in [-0.1, -0.05) is 34.1 Å². The van der Waals surface area contributed by atoms with Gasteiger partial charge in [-0.15, -0.1) is 12.4 Å². The standard InChI is InChI=1S/C11H17BrN2.ClH/c1-9(7-13)14(2)8-10-5-3-4-6-11(10)12;/h3-6,9H,7-8,13H2,1-2H3;1H. The second-order valence-electron chi connectivity index (χ2n) is 3.59. The van der Waals surface area contributed by atoms with Crippen LogP contribution in [0.3, 0.4) is 0 Å². The van der Waals surface area contributed by atoms with Crippen LogP contribution in [0.5, 0.6) is 0 Å². The van der Waals surface area contributed by atoms with Crippen molar-refractivity contribution in [1.29, 1.82) is 0 Å². The van der Waals surface area contributed by atoms with Gasteiger partial charge in [0.2, 0.25) is 0 Å². The molecular formula is C11H18BrClN2. The molecule has 2 nitrogen and oxygen atoms in total. The van der Waals surface area contributed by atoms with Crippen LogP contribution in [0.2, 0.25) is 0 Å². The highest BCUT2D eigenvalue weighted by atomic mass is 79.9. The summed E-state index contributed by atoms with van der Waals surface area (Å²) in [6.07, 6.45) is 0. The molecule has 1 atom stereocenters. The van der Waals surface area contributed by atoms with Gasteiger partial charge in [-0.2, -0.15) is 0 Å². The van der Waals surface area contributed by atoms with Crippen LogP contribution in [0.25, 0.3) is 0 Å². The molecule has 0 aliphatic rings. The molecular weight excluding hydrogens is 275 g/mol. The van der Waals surface area contributed by atoms with E-state index >= 15 is 0 Å². The third kappa shape index (κ3) is 4.51. The Morgan fingerprint density at radius 2 is 2.00 bits per heavy atom. The van der Waals surface area contributed by atoms with Crippen LogP contribution in [0.1, 0.15) is 12.5 Å². The topological polar surface area (TPSA) is 29.3 Å². The van der Waals surface area contributed by atoms with E-state index in [1.807, 2.05) is 6.07 Å². The zero-order valence-corrected chi connectivity index (χ0v) is 11.5. The minimum Gasteiger partial charge on any atom is -0.329 e. The molecule has 1 rings (SSSR count). The molecule has 2 N–H and O–H groups in total. The van der Waals surface area contributed by atoms with Crippen LogP contribution in [0.4, 0.5) is 0 Å². The van der Waals surface area contributed by atoms with Gasteiger partial charge in [-0.25, -0.2) is 0 Å². The van der Waals surface area contributed by atoms with Crippen molar-refractivity contribution in [3.63, 3.8) is 0 Å². The highest BCUT2D eigenvalue weighted by Gasteiger charge is 2.08. The smallest absolute Gasteiger partial charge is 0.0245 e. The maximum Gasteiger partial charge on any atom is 0.0245 e. The summed E-state index contributed by atoms with van der Waals surface area (Å²) in [4.78, 5) is 2.25. The molecule has 0 radical (unpaired) electrons. The molecule has 1 aromatic carbocycles. The van der Waals surface area contributed by atoms with E-state index in [2.05, 4.69) is 53.0 Å². The molecule has 0 aliphatic carbocycles. The Morgan fingerprint density at radius 1 is 1.40 bits per heavy atom. The predicted octanol–water partition coefficient (Wildman–Crippen LogP) is 2.65. The van der Waals surface area contributed by atoms with E-state index in [-0.39, 0.29) is 12.4 Å². The summed E-state index contributed by atoms with van der Waals surface area (Å²) in [5, 5.41) is 0. The molecule has 1 unspecified atom stereocenters. The molecule has 0 aliphatic heterocycles. The van der Waals surface area contributed by atoms with Crippen molar-refractivity contribution >= 4 is 28.3 Å². The summed E-state index contributed by atoms with van der Waals surface area (Å²) in [6, 6.07) is 8.70. The average Bonchev–Trinajstić information content (AvgIpc) is 2.20. The van der Waals surface area contributed by atoms with E-state index in [9.17, 15) is 0 Å². The minimum atomic E-state index is 0. The van der Waals surface area contributed by atoms with Crippen molar-refractivity contribution in [2.24, 2.45) is 5.73 Å². The number of hydrogen-bond acceptors (Lipinski definition) is 2. The molecule has 1 aromatic rings. The molecule has 0 spiro atoms. The lowest BCUT2D eigenvalue weighted by Gasteiger charge is -2.23. The highest BCUT2D eigenvalue weighted by Crippen LogP contribution is 2.17. The van der Waals surface area contributed by atoms with E-state index in [4.69, 9.17) is 5.73 Å². The Balaban J connectivity index is 0.00000196. The van der Waals surface area contributed by atoms with Crippen molar-refractivity contribution in [3.05, 3.63) is 34.3 Å². The molecule has 86 valence electrons. The lowest BCUT2D eigenvalue weighted by atomic mass is 10.2. The summed E-state index contributed by atoms with van der Waals surface area (Å²) in [7, 11) is 2.09. The molecule has 0 heterocycles. The fourth-order valence-corrected chi connectivity index (χ4v) is 1.64. The number of likely N-dealkylation sites (N-methyl/N-ethyl adjacent to an activating group) is 1.